The predicted octanol–water partition coefficient (Wildman–Crippen LogP) is 3.29. The molecule has 0 aromatic heterocycles. The zero-order chi connectivity index (χ0) is 14.4. The van der Waals surface area contributed by atoms with Crippen molar-refractivity contribution < 1.29 is 22.8 Å². The van der Waals surface area contributed by atoms with E-state index in [1.54, 1.807) is 0 Å². The third-order valence-corrected chi connectivity index (χ3v) is 3.31. The SMILES string of the molecule is CC1=CC(=O)N(c2ccc(Br)c(C(F)(F)F)c2)C1=O. The Morgan fingerprint density at radius 2 is 1.84 bits per heavy atom. The van der Waals surface area contributed by atoms with Crippen molar-refractivity contribution in [3.8, 4) is 0 Å². The maximum absolute atomic E-state index is 12.8. The molecular formula is C12H7BrF3NO2. The van der Waals surface area contributed by atoms with E-state index in [-0.39, 0.29) is 15.7 Å². The summed E-state index contributed by atoms with van der Waals surface area (Å²) in [6.07, 6.45) is -3.47. The van der Waals surface area contributed by atoms with Gasteiger partial charge in [-0.15, -0.1) is 0 Å². The molecule has 1 heterocycles. The molecule has 2 rings (SSSR count). The molecule has 1 aromatic rings. The predicted molar refractivity (Wildman–Crippen MR) is 65.4 cm³/mol. The second-order valence-electron chi connectivity index (χ2n) is 3.97. The first-order valence-electron chi connectivity index (χ1n) is 5.15. The van der Waals surface area contributed by atoms with Crippen molar-refractivity contribution in [2.75, 3.05) is 4.90 Å². The van der Waals surface area contributed by atoms with Gasteiger partial charge in [0, 0.05) is 16.1 Å². The minimum atomic E-state index is -4.57. The summed E-state index contributed by atoms with van der Waals surface area (Å²) >= 11 is 2.80. The van der Waals surface area contributed by atoms with Gasteiger partial charge in [0.25, 0.3) is 11.8 Å². The van der Waals surface area contributed by atoms with E-state index in [0.29, 0.717) is 0 Å². The lowest BCUT2D eigenvalue weighted by Crippen LogP contribution is -2.30. The molecule has 0 saturated heterocycles. The Labute approximate surface area is 114 Å². The van der Waals surface area contributed by atoms with Crippen molar-refractivity contribution in [2.24, 2.45) is 0 Å². The van der Waals surface area contributed by atoms with Crippen LogP contribution in [0.3, 0.4) is 0 Å². The molecule has 2 amide bonds. The van der Waals surface area contributed by atoms with Crippen molar-refractivity contribution in [1.82, 2.24) is 0 Å². The second kappa shape index (κ2) is 4.48. The van der Waals surface area contributed by atoms with Gasteiger partial charge in [0.15, 0.2) is 0 Å². The number of hydrogen-bond acceptors (Lipinski definition) is 2. The number of hydrogen-bond donors (Lipinski definition) is 0. The summed E-state index contributed by atoms with van der Waals surface area (Å²) in [4.78, 5) is 24.0. The molecule has 19 heavy (non-hydrogen) atoms. The molecule has 0 unspecified atom stereocenters. The monoisotopic (exact) mass is 333 g/mol. The lowest BCUT2D eigenvalue weighted by Gasteiger charge is -2.17. The van der Waals surface area contributed by atoms with Crippen LogP contribution in [0, 0.1) is 0 Å². The standard InChI is InChI=1S/C12H7BrF3NO2/c1-6-4-10(18)17(11(6)19)7-2-3-9(13)8(5-7)12(14,15)16/h2-5H,1H3. The Morgan fingerprint density at radius 3 is 2.32 bits per heavy atom. The molecule has 0 saturated carbocycles. The summed E-state index contributed by atoms with van der Waals surface area (Å²) in [5.74, 6) is -1.25. The molecule has 1 aliphatic rings. The minimum Gasteiger partial charge on any atom is -0.269 e. The van der Waals surface area contributed by atoms with Gasteiger partial charge in [0.1, 0.15) is 0 Å². The highest BCUT2D eigenvalue weighted by molar-refractivity contribution is 9.10. The second-order valence-corrected chi connectivity index (χ2v) is 4.82. The minimum absolute atomic E-state index is 0.0985. The summed E-state index contributed by atoms with van der Waals surface area (Å²) in [6, 6.07) is 3.21. The molecule has 100 valence electrons. The molecule has 7 heteroatoms. The quantitative estimate of drug-likeness (QED) is 0.739. The van der Waals surface area contributed by atoms with Crippen LogP contribution in [0.1, 0.15) is 12.5 Å². The van der Waals surface area contributed by atoms with E-state index in [1.807, 2.05) is 0 Å². The topological polar surface area (TPSA) is 37.4 Å². The van der Waals surface area contributed by atoms with Gasteiger partial charge in [-0.1, -0.05) is 15.9 Å². The van der Waals surface area contributed by atoms with E-state index in [1.165, 1.54) is 13.0 Å². The van der Waals surface area contributed by atoms with Gasteiger partial charge in [-0.25, -0.2) is 4.90 Å². The zero-order valence-electron chi connectivity index (χ0n) is 9.58. The van der Waals surface area contributed by atoms with E-state index in [2.05, 4.69) is 15.9 Å². The van der Waals surface area contributed by atoms with Gasteiger partial charge < -0.3 is 0 Å². The fourth-order valence-electron chi connectivity index (χ4n) is 1.70. The Bertz CT molecular complexity index is 607. The fourth-order valence-corrected chi connectivity index (χ4v) is 2.17. The molecule has 0 N–H and O–H groups in total. The number of rotatable bonds is 1. The highest BCUT2D eigenvalue weighted by Crippen LogP contribution is 2.37. The van der Waals surface area contributed by atoms with Crippen LogP contribution in [-0.4, -0.2) is 11.8 Å². The van der Waals surface area contributed by atoms with Crippen molar-refractivity contribution in [2.45, 2.75) is 13.1 Å². The highest BCUT2D eigenvalue weighted by Gasteiger charge is 2.36. The van der Waals surface area contributed by atoms with Crippen molar-refractivity contribution in [3.05, 3.63) is 39.9 Å². The van der Waals surface area contributed by atoms with Crippen molar-refractivity contribution in [3.63, 3.8) is 0 Å². The summed E-state index contributed by atoms with van der Waals surface area (Å²) in [7, 11) is 0. The van der Waals surface area contributed by atoms with E-state index in [4.69, 9.17) is 0 Å². The number of benzene rings is 1. The van der Waals surface area contributed by atoms with Gasteiger partial charge in [0.2, 0.25) is 0 Å². The molecule has 0 bridgehead atoms. The number of imide groups is 1. The number of nitrogens with zero attached hydrogens (tertiary/aromatic N) is 1. The maximum atomic E-state index is 12.8. The molecule has 1 aliphatic heterocycles. The average molecular weight is 334 g/mol. The van der Waals surface area contributed by atoms with E-state index in [9.17, 15) is 22.8 Å². The highest BCUT2D eigenvalue weighted by atomic mass is 79.9. The number of anilines is 1. The molecule has 0 radical (unpaired) electrons. The van der Waals surface area contributed by atoms with Crippen molar-refractivity contribution in [1.29, 1.82) is 0 Å². The first kappa shape index (κ1) is 13.8. The number of carbonyl (C=O) groups is 2. The van der Waals surface area contributed by atoms with Gasteiger partial charge in [-0.3, -0.25) is 9.59 Å². The molecular weight excluding hydrogens is 327 g/mol. The van der Waals surface area contributed by atoms with E-state index >= 15 is 0 Å². The third-order valence-electron chi connectivity index (χ3n) is 2.61. The Balaban J connectivity index is 2.49. The fraction of sp³-hybridized carbons (Fsp3) is 0.167. The summed E-state index contributed by atoms with van der Waals surface area (Å²) in [5.41, 5.74) is -0.838. The molecule has 0 spiro atoms. The van der Waals surface area contributed by atoms with Gasteiger partial charge in [-0.2, -0.15) is 13.2 Å². The van der Waals surface area contributed by atoms with Crippen LogP contribution in [0.2, 0.25) is 0 Å². The number of halogens is 4. The first-order chi connectivity index (χ1) is 8.71. The van der Waals surface area contributed by atoms with Crippen LogP contribution < -0.4 is 4.90 Å². The van der Waals surface area contributed by atoms with Gasteiger partial charge in [0.05, 0.1) is 11.3 Å². The summed E-state index contributed by atoms with van der Waals surface area (Å²) < 4.78 is 38.1. The third kappa shape index (κ3) is 2.42. The van der Waals surface area contributed by atoms with Crippen LogP contribution in [0.15, 0.2) is 34.3 Å². The Hall–Kier alpha value is -1.63. The van der Waals surface area contributed by atoms with Gasteiger partial charge >= 0.3 is 6.18 Å². The molecule has 0 fully saturated rings. The normalized spacial score (nSPS) is 16.1. The number of alkyl halides is 3. The summed E-state index contributed by atoms with van der Waals surface area (Å²) in [6.45, 7) is 1.43. The van der Waals surface area contributed by atoms with Crippen LogP contribution in [0.4, 0.5) is 18.9 Å². The van der Waals surface area contributed by atoms with E-state index < -0.39 is 23.6 Å². The number of carbonyl (C=O) groups excluding carboxylic acids is 2. The average Bonchev–Trinajstić information content (AvgIpc) is 2.53. The molecule has 3 nitrogen and oxygen atoms in total. The number of amides is 2. The Kier molecular flexibility index (Phi) is 3.25. The van der Waals surface area contributed by atoms with Crippen LogP contribution in [0.5, 0.6) is 0 Å². The first-order valence-corrected chi connectivity index (χ1v) is 5.94. The lowest BCUT2D eigenvalue weighted by atomic mass is 10.2. The van der Waals surface area contributed by atoms with Crippen LogP contribution in [0.25, 0.3) is 0 Å². The molecule has 0 atom stereocenters. The van der Waals surface area contributed by atoms with Crippen LogP contribution in [-0.2, 0) is 15.8 Å². The Morgan fingerprint density at radius 1 is 1.21 bits per heavy atom. The van der Waals surface area contributed by atoms with Crippen LogP contribution >= 0.6 is 15.9 Å². The smallest absolute Gasteiger partial charge is 0.269 e. The van der Waals surface area contributed by atoms with E-state index in [0.717, 1.165) is 23.1 Å². The summed E-state index contributed by atoms with van der Waals surface area (Å²) in [5, 5.41) is 0. The van der Waals surface area contributed by atoms with Gasteiger partial charge in [-0.05, 0) is 25.1 Å². The maximum Gasteiger partial charge on any atom is 0.417 e. The molecule has 0 aliphatic carbocycles. The lowest BCUT2D eigenvalue weighted by molar-refractivity contribution is -0.138. The largest absolute Gasteiger partial charge is 0.417 e. The van der Waals surface area contributed by atoms with Crippen molar-refractivity contribution >= 4 is 33.4 Å². The zero-order valence-corrected chi connectivity index (χ0v) is 11.2. The molecule has 1 aromatic carbocycles.